The maximum atomic E-state index is 13.6. The summed E-state index contributed by atoms with van der Waals surface area (Å²) in [5.74, 6) is -0.370. The maximum absolute atomic E-state index is 13.6. The third-order valence-corrected chi connectivity index (χ3v) is 3.96. The van der Waals surface area contributed by atoms with E-state index in [2.05, 4.69) is 5.32 Å². The molecule has 0 amide bonds. The molecule has 1 N–H and O–H groups in total. The van der Waals surface area contributed by atoms with Crippen LogP contribution in [0, 0.1) is 5.82 Å². The van der Waals surface area contributed by atoms with E-state index in [1.807, 2.05) is 4.90 Å². The Balaban J connectivity index is 1.98. The SMILES string of the molecule is Fc1cccc(N(c2ccc(C(F)(F)F)cc2)C2CCNC2)c1. The predicted octanol–water partition coefficient (Wildman–Crippen LogP) is 4.34. The molecule has 0 bridgehead atoms. The van der Waals surface area contributed by atoms with E-state index in [1.165, 1.54) is 24.3 Å². The lowest BCUT2D eigenvalue weighted by molar-refractivity contribution is -0.137. The van der Waals surface area contributed by atoms with Gasteiger partial charge < -0.3 is 10.2 Å². The van der Waals surface area contributed by atoms with E-state index in [4.69, 9.17) is 0 Å². The van der Waals surface area contributed by atoms with Crippen molar-refractivity contribution in [1.29, 1.82) is 0 Å². The summed E-state index contributed by atoms with van der Waals surface area (Å²) < 4.78 is 51.7. The van der Waals surface area contributed by atoms with Gasteiger partial charge in [-0.2, -0.15) is 13.2 Å². The van der Waals surface area contributed by atoms with Gasteiger partial charge in [0.1, 0.15) is 5.82 Å². The van der Waals surface area contributed by atoms with E-state index < -0.39 is 11.7 Å². The molecule has 122 valence electrons. The van der Waals surface area contributed by atoms with Crippen molar-refractivity contribution >= 4 is 11.4 Å². The van der Waals surface area contributed by atoms with Crippen LogP contribution in [-0.4, -0.2) is 19.1 Å². The number of alkyl halides is 3. The third kappa shape index (κ3) is 3.47. The average molecular weight is 324 g/mol. The van der Waals surface area contributed by atoms with Crippen LogP contribution in [0.2, 0.25) is 0 Å². The van der Waals surface area contributed by atoms with E-state index in [9.17, 15) is 17.6 Å². The second-order valence-electron chi connectivity index (χ2n) is 5.54. The van der Waals surface area contributed by atoms with Crippen LogP contribution in [0.15, 0.2) is 48.5 Å². The molecule has 2 nitrogen and oxygen atoms in total. The molecule has 1 saturated heterocycles. The van der Waals surface area contributed by atoms with Crippen molar-refractivity contribution in [2.45, 2.75) is 18.6 Å². The molecule has 0 spiro atoms. The fraction of sp³-hybridized carbons (Fsp3) is 0.294. The van der Waals surface area contributed by atoms with Crippen LogP contribution in [0.25, 0.3) is 0 Å². The van der Waals surface area contributed by atoms with Crippen LogP contribution in [-0.2, 0) is 6.18 Å². The highest BCUT2D eigenvalue weighted by atomic mass is 19.4. The fourth-order valence-electron chi connectivity index (χ4n) is 2.87. The first kappa shape index (κ1) is 15.8. The number of anilines is 2. The van der Waals surface area contributed by atoms with E-state index in [1.54, 1.807) is 12.1 Å². The molecule has 0 aromatic heterocycles. The van der Waals surface area contributed by atoms with Gasteiger partial charge in [-0.1, -0.05) is 6.07 Å². The highest BCUT2D eigenvalue weighted by Gasteiger charge is 2.31. The molecule has 23 heavy (non-hydrogen) atoms. The zero-order valence-corrected chi connectivity index (χ0v) is 12.3. The summed E-state index contributed by atoms with van der Waals surface area (Å²) in [5, 5.41) is 3.23. The molecule has 0 aliphatic carbocycles. The first-order valence-corrected chi connectivity index (χ1v) is 7.38. The molecule has 0 radical (unpaired) electrons. The van der Waals surface area contributed by atoms with E-state index in [0.717, 1.165) is 25.1 Å². The van der Waals surface area contributed by atoms with Crippen LogP contribution in [0.4, 0.5) is 28.9 Å². The van der Waals surface area contributed by atoms with Gasteiger partial charge >= 0.3 is 6.18 Å². The first-order valence-electron chi connectivity index (χ1n) is 7.38. The number of nitrogens with zero attached hydrogens (tertiary/aromatic N) is 1. The van der Waals surface area contributed by atoms with Crippen molar-refractivity contribution in [1.82, 2.24) is 5.32 Å². The third-order valence-electron chi connectivity index (χ3n) is 3.96. The van der Waals surface area contributed by atoms with Crippen molar-refractivity contribution in [3.05, 3.63) is 59.9 Å². The van der Waals surface area contributed by atoms with Crippen LogP contribution >= 0.6 is 0 Å². The normalized spacial score (nSPS) is 18.2. The Morgan fingerprint density at radius 2 is 1.74 bits per heavy atom. The lowest BCUT2D eigenvalue weighted by atomic mass is 10.1. The summed E-state index contributed by atoms with van der Waals surface area (Å²) in [6.07, 6.45) is -3.52. The Bertz CT molecular complexity index is 661. The first-order chi connectivity index (χ1) is 10.9. The predicted molar refractivity (Wildman–Crippen MR) is 81.3 cm³/mol. The molecule has 2 aromatic rings. The zero-order valence-electron chi connectivity index (χ0n) is 12.3. The molecule has 1 fully saturated rings. The molecule has 1 aliphatic rings. The van der Waals surface area contributed by atoms with Crippen molar-refractivity contribution in [2.75, 3.05) is 18.0 Å². The van der Waals surface area contributed by atoms with Gasteiger partial charge in [0.05, 0.1) is 5.56 Å². The average Bonchev–Trinajstić information content (AvgIpc) is 3.01. The van der Waals surface area contributed by atoms with E-state index >= 15 is 0 Å². The summed E-state index contributed by atoms with van der Waals surface area (Å²) in [6.45, 7) is 1.54. The smallest absolute Gasteiger partial charge is 0.337 e. The molecular formula is C17H16F4N2. The standard InChI is InChI=1S/C17H16F4N2/c18-13-2-1-3-15(10-13)23(16-8-9-22-11-16)14-6-4-12(5-7-14)17(19,20)21/h1-7,10,16,22H,8-9,11H2. The molecule has 1 atom stereocenters. The maximum Gasteiger partial charge on any atom is 0.416 e. The van der Waals surface area contributed by atoms with Gasteiger partial charge in [-0.05, 0) is 55.4 Å². The van der Waals surface area contributed by atoms with Crippen LogP contribution in [0.1, 0.15) is 12.0 Å². The van der Waals surface area contributed by atoms with Crippen molar-refractivity contribution in [3.8, 4) is 0 Å². The summed E-state index contributed by atoms with van der Waals surface area (Å²) in [6, 6.07) is 11.2. The molecule has 1 unspecified atom stereocenters. The van der Waals surface area contributed by atoms with E-state index in [0.29, 0.717) is 17.9 Å². The number of halogens is 4. The molecule has 3 rings (SSSR count). The van der Waals surface area contributed by atoms with Gasteiger partial charge in [0.25, 0.3) is 0 Å². The number of benzene rings is 2. The Labute approximate surface area is 131 Å². The molecule has 1 heterocycles. The van der Waals surface area contributed by atoms with Gasteiger partial charge in [-0.25, -0.2) is 4.39 Å². The van der Waals surface area contributed by atoms with Gasteiger partial charge in [0, 0.05) is 24.0 Å². The Hall–Kier alpha value is -2.08. The van der Waals surface area contributed by atoms with Gasteiger partial charge in [0.2, 0.25) is 0 Å². The Morgan fingerprint density at radius 3 is 2.30 bits per heavy atom. The number of nitrogens with one attached hydrogen (secondary N) is 1. The second-order valence-corrected chi connectivity index (χ2v) is 5.54. The molecule has 0 saturated carbocycles. The van der Waals surface area contributed by atoms with Gasteiger partial charge in [-0.3, -0.25) is 0 Å². The molecule has 2 aromatic carbocycles. The summed E-state index contributed by atoms with van der Waals surface area (Å²) >= 11 is 0. The second kappa shape index (κ2) is 6.20. The lowest BCUT2D eigenvalue weighted by Crippen LogP contribution is -2.33. The lowest BCUT2D eigenvalue weighted by Gasteiger charge is -2.31. The minimum absolute atomic E-state index is 0.0773. The molecule has 1 aliphatic heterocycles. The minimum atomic E-state index is -4.36. The topological polar surface area (TPSA) is 15.3 Å². The summed E-state index contributed by atoms with van der Waals surface area (Å²) in [7, 11) is 0. The molecule has 6 heteroatoms. The van der Waals surface area contributed by atoms with Crippen molar-refractivity contribution in [2.24, 2.45) is 0 Å². The highest BCUT2D eigenvalue weighted by Crippen LogP contribution is 2.34. The quantitative estimate of drug-likeness (QED) is 0.845. The fourth-order valence-corrected chi connectivity index (χ4v) is 2.87. The summed E-state index contributed by atoms with van der Waals surface area (Å²) in [5.41, 5.74) is 0.570. The van der Waals surface area contributed by atoms with Crippen molar-refractivity contribution in [3.63, 3.8) is 0 Å². The van der Waals surface area contributed by atoms with Crippen LogP contribution in [0.3, 0.4) is 0 Å². The molecular weight excluding hydrogens is 308 g/mol. The van der Waals surface area contributed by atoms with E-state index in [-0.39, 0.29) is 11.9 Å². The number of hydrogen-bond donors (Lipinski definition) is 1. The van der Waals surface area contributed by atoms with Gasteiger partial charge in [-0.15, -0.1) is 0 Å². The van der Waals surface area contributed by atoms with Gasteiger partial charge in [0.15, 0.2) is 0 Å². The van der Waals surface area contributed by atoms with Crippen LogP contribution in [0.5, 0.6) is 0 Å². The Morgan fingerprint density at radius 1 is 1.00 bits per heavy atom. The van der Waals surface area contributed by atoms with Crippen LogP contribution < -0.4 is 10.2 Å². The minimum Gasteiger partial charge on any atom is -0.337 e. The number of rotatable bonds is 3. The largest absolute Gasteiger partial charge is 0.416 e. The zero-order chi connectivity index (χ0) is 16.4. The monoisotopic (exact) mass is 324 g/mol. The Kier molecular flexibility index (Phi) is 4.26. The van der Waals surface area contributed by atoms with Crippen molar-refractivity contribution < 1.29 is 17.6 Å². The number of hydrogen-bond acceptors (Lipinski definition) is 2. The highest BCUT2D eigenvalue weighted by molar-refractivity contribution is 5.65. The summed E-state index contributed by atoms with van der Waals surface area (Å²) in [4.78, 5) is 1.89.